The van der Waals surface area contributed by atoms with E-state index < -0.39 is 10.8 Å². The smallest absolute Gasteiger partial charge is 0.296 e. The molecule has 0 saturated carbocycles. The Kier molecular flexibility index (Phi) is 5.86. The molecule has 1 N–H and O–H groups in total. The van der Waals surface area contributed by atoms with Crippen LogP contribution in [0, 0.1) is 10.1 Å². The molecule has 3 aromatic carbocycles. The molecule has 3 rings (SSSR count). The van der Waals surface area contributed by atoms with Crippen LogP contribution in [0.4, 0.5) is 11.4 Å². The van der Waals surface area contributed by atoms with E-state index in [2.05, 4.69) is 5.32 Å². The number of rotatable bonds is 7. The van der Waals surface area contributed by atoms with Gasteiger partial charge in [-0.1, -0.05) is 30.3 Å². The molecule has 0 aliphatic rings. The number of nitrogens with one attached hydrogen (secondary N) is 1. The van der Waals surface area contributed by atoms with Crippen LogP contribution in [0.2, 0.25) is 0 Å². The number of nitrogens with zero attached hydrogens (tertiary/aromatic N) is 1. The highest BCUT2D eigenvalue weighted by molar-refractivity contribution is 6.07. The zero-order valence-corrected chi connectivity index (χ0v) is 15.1. The first-order chi connectivity index (χ1) is 13.6. The second-order valence-electron chi connectivity index (χ2n) is 5.73. The predicted molar refractivity (Wildman–Crippen MR) is 105 cm³/mol. The number of hydrogen-bond donors (Lipinski definition) is 1. The summed E-state index contributed by atoms with van der Waals surface area (Å²) in [5.74, 6) is 0.772. The molecule has 0 radical (unpaired) electrons. The second kappa shape index (κ2) is 8.68. The van der Waals surface area contributed by atoms with Gasteiger partial charge in [-0.05, 0) is 43.3 Å². The summed E-state index contributed by atoms with van der Waals surface area (Å²) in [6.45, 7) is 2.16. The molecule has 28 heavy (non-hydrogen) atoms. The Hall–Kier alpha value is -3.87. The van der Waals surface area contributed by atoms with Crippen molar-refractivity contribution in [2.45, 2.75) is 6.92 Å². The van der Waals surface area contributed by atoms with Crippen molar-refractivity contribution in [1.82, 2.24) is 0 Å². The molecule has 0 aliphatic carbocycles. The molecular weight excluding hydrogens is 360 g/mol. The summed E-state index contributed by atoms with van der Waals surface area (Å²) in [4.78, 5) is 23.6. The van der Waals surface area contributed by atoms with Crippen molar-refractivity contribution in [1.29, 1.82) is 0 Å². The number of ether oxygens (including phenoxy) is 2. The van der Waals surface area contributed by atoms with Gasteiger partial charge in [-0.2, -0.15) is 0 Å². The average molecular weight is 378 g/mol. The molecule has 0 unspecified atom stereocenters. The molecular formula is C21H18N2O5. The van der Waals surface area contributed by atoms with Gasteiger partial charge in [0.1, 0.15) is 22.9 Å². The maximum Gasteiger partial charge on any atom is 0.296 e. The fourth-order valence-electron chi connectivity index (χ4n) is 2.57. The Morgan fingerprint density at radius 1 is 1.00 bits per heavy atom. The molecule has 0 saturated heterocycles. The van der Waals surface area contributed by atoms with Crippen molar-refractivity contribution in [3.63, 3.8) is 0 Å². The van der Waals surface area contributed by atoms with Crippen LogP contribution in [0.25, 0.3) is 0 Å². The second-order valence-corrected chi connectivity index (χ2v) is 5.73. The highest BCUT2D eigenvalue weighted by Crippen LogP contribution is 2.31. The molecule has 0 aliphatic heterocycles. The van der Waals surface area contributed by atoms with Gasteiger partial charge in [0.25, 0.3) is 11.6 Å². The van der Waals surface area contributed by atoms with Gasteiger partial charge in [-0.15, -0.1) is 0 Å². The van der Waals surface area contributed by atoms with Gasteiger partial charge in [0.15, 0.2) is 0 Å². The van der Waals surface area contributed by atoms with Crippen LogP contribution >= 0.6 is 0 Å². The van der Waals surface area contributed by atoms with E-state index in [0.29, 0.717) is 23.9 Å². The molecule has 142 valence electrons. The molecule has 7 heteroatoms. The standard InChI is InChI=1S/C21H18N2O5/c1-2-27-16-12-13-18(19(14-16)23(25)26)22-21(24)17-10-6-7-11-20(17)28-15-8-4-3-5-9-15/h3-14H,2H2,1H3,(H,22,24). The third-order valence-corrected chi connectivity index (χ3v) is 3.83. The van der Waals surface area contributed by atoms with E-state index in [9.17, 15) is 14.9 Å². The molecule has 0 fully saturated rings. The lowest BCUT2D eigenvalue weighted by molar-refractivity contribution is -0.384. The molecule has 7 nitrogen and oxygen atoms in total. The maximum atomic E-state index is 12.8. The lowest BCUT2D eigenvalue weighted by atomic mass is 10.1. The zero-order valence-electron chi connectivity index (χ0n) is 15.1. The lowest BCUT2D eigenvalue weighted by Crippen LogP contribution is -2.14. The fourth-order valence-corrected chi connectivity index (χ4v) is 2.57. The highest BCUT2D eigenvalue weighted by Gasteiger charge is 2.20. The number of nitro groups is 1. The van der Waals surface area contributed by atoms with Crippen molar-refractivity contribution in [2.24, 2.45) is 0 Å². The topological polar surface area (TPSA) is 90.7 Å². The number of hydrogen-bond acceptors (Lipinski definition) is 5. The summed E-state index contributed by atoms with van der Waals surface area (Å²) >= 11 is 0. The Morgan fingerprint density at radius 2 is 1.71 bits per heavy atom. The van der Waals surface area contributed by atoms with Crippen molar-refractivity contribution in [2.75, 3.05) is 11.9 Å². The van der Waals surface area contributed by atoms with E-state index in [1.807, 2.05) is 18.2 Å². The minimum atomic E-state index is -0.565. The van der Waals surface area contributed by atoms with Gasteiger partial charge < -0.3 is 14.8 Å². The number of amides is 1. The number of carbonyl (C=O) groups is 1. The van der Waals surface area contributed by atoms with Gasteiger partial charge in [-0.3, -0.25) is 14.9 Å². The van der Waals surface area contributed by atoms with Gasteiger partial charge in [0, 0.05) is 0 Å². The molecule has 1 amide bonds. The van der Waals surface area contributed by atoms with E-state index in [4.69, 9.17) is 9.47 Å². The zero-order chi connectivity index (χ0) is 19.9. The van der Waals surface area contributed by atoms with Gasteiger partial charge in [0.05, 0.1) is 23.2 Å². The van der Waals surface area contributed by atoms with E-state index in [1.165, 1.54) is 12.1 Å². The van der Waals surface area contributed by atoms with Crippen molar-refractivity contribution in [3.8, 4) is 17.2 Å². The first kappa shape index (κ1) is 18.9. The van der Waals surface area contributed by atoms with E-state index in [1.54, 1.807) is 49.4 Å². The molecule has 0 aromatic heterocycles. The Bertz CT molecular complexity index is 989. The van der Waals surface area contributed by atoms with Gasteiger partial charge in [0.2, 0.25) is 0 Å². The third-order valence-electron chi connectivity index (χ3n) is 3.83. The molecule has 3 aromatic rings. The SMILES string of the molecule is CCOc1ccc(NC(=O)c2ccccc2Oc2ccccc2)c([N+](=O)[O-])c1. The molecule has 0 bridgehead atoms. The molecule has 0 spiro atoms. The molecule has 0 atom stereocenters. The van der Waals surface area contributed by atoms with Gasteiger partial charge in [-0.25, -0.2) is 0 Å². The predicted octanol–water partition coefficient (Wildman–Crippen LogP) is 5.04. The molecule has 0 heterocycles. The van der Waals surface area contributed by atoms with Crippen LogP contribution < -0.4 is 14.8 Å². The van der Waals surface area contributed by atoms with Crippen LogP contribution in [-0.4, -0.2) is 17.4 Å². The summed E-state index contributed by atoms with van der Waals surface area (Å²) in [5.41, 5.74) is 0.0864. The van der Waals surface area contributed by atoms with Crippen LogP contribution in [0.5, 0.6) is 17.2 Å². The first-order valence-corrected chi connectivity index (χ1v) is 8.63. The summed E-state index contributed by atoms with van der Waals surface area (Å²) in [7, 11) is 0. The largest absolute Gasteiger partial charge is 0.494 e. The van der Waals surface area contributed by atoms with Gasteiger partial charge >= 0.3 is 0 Å². The summed E-state index contributed by atoms with van der Waals surface area (Å²) < 4.78 is 11.1. The number of anilines is 1. The van der Waals surface area contributed by atoms with Crippen molar-refractivity contribution >= 4 is 17.3 Å². The highest BCUT2D eigenvalue weighted by atomic mass is 16.6. The maximum absolute atomic E-state index is 12.8. The normalized spacial score (nSPS) is 10.2. The summed E-state index contributed by atoms with van der Waals surface area (Å²) in [5, 5.41) is 14.0. The van der Waals surface area contributed by atoms with E-state index >= 15 is 0 Å². The van der Waals surface area contributed by atoms with Crippen LogP contribution in [0.15, 0.2) is 72.8 Å². The fraction of sp³-hybridized carbons (Fsp3) is 0.0952. The first-order valence-electron chi connectivity index (χ1n) is 8.63. The Balaban J connectivity index is 1.87. The van der Waals surface area contributed by atoms with Crippen LogP contribution in [0.3, 0.4) is 0 Å². The number of benzene rings is 3. The van der Waals surface area contributed by atoms with Crippen molar-refractivity contribution < 1.29 is 19.2 Å². The third kappa shape index (κ3) is 4.45. The number of nitro benzene ring substituents is 1. The van der Waals surface area contributed by atoms with E-state index in [0.717, 1.165) is 0 Å². The minimum absolute atomic E-state index is 0.0768. The van der Waals surface area contributed by atoms with Crippen molar-refractivity contribution in [3.05, 3.63) is 88.5 Å². The average Bonchev–Trinajstić information content (AvgIpc) is 2.70. The summed E-state index contributed by atoms with van der Waals surface area (Å²) in [6.07, 6.45) is 0. The summed E-state index contributed by atoms with van der Waals surface area (Å²) in [6, 6.07) is 20.0. The number of carbonyl (C=O) groups excluding carboxylic acids is 1. The Labute approximate surface area is 161 Å². The Morgan fingerprint density at radius 3 is 2.43 bits per heavy atom. The minimum Gasteiger partial charge on any atom is -0.494 e. The van der Waals surface area contributed by atoms with E-state index in [-0.39, 0.29) is 16.9 Å². The monoisotopic (exact) mass is 378 g/mol. The quantitative estimate of drug-likeness (QED) is 0.459. The number of para-hydroxylation sites is 2. The van der Waals surface area contributed by atoms with Crippen LogP contribution in [0.1, 0.15) is 17.3 Å². The van der Waals surface area contributed by atoms with Crippen LogP contribution in [-0.2, 0) is 0 Å². The lowest BCUT2D eigenvalue weighted by Gasteiger charge is -2.12.